The first-order valence-corrected chi connectivity index (χ1v) is 6.53. The lowest BCUT2D eigenvalue weighted by molar-refractivity contribution is 0.415. The van der Waals surface area contributed by atoms with Crippen LogP contribution >= 0.6 is 11.6 Å². The van der Waals surface area contributed by atoms with E-state index >= 15 is 0 Å². The van der Waals surface area contributed by atoms with Crippen LogP contribution in [-0.4, -0.2) is 28.3 Å². The van der Waals surface area contributed by atoms with Gasteiger partial charge >= 0.3 is 0 Å². The van der Waals surface area contributed by atoms with Gasteiger partial charge in [-0.1, -0.05) is 11.6 Å². The molecule has 0 aliphatic rings. The highest BCUT2D eigenvalue weighted by Crippen LogP contribution is 2.28. The molecule has 2 aromatic rings. The number of nitrogens with zero attached hydrogens (tertiary/aromatic N) is 3. The van der Waals surface area contributed by atoms with Crippen LogP contribution in [-0.2, 0) is 0 Å². The summed E-state index contributed by atoms with van der Waals surface area (Å²) in [4.78, 5) is 4.31. The Hall–Kier alpha value is -2.08. The first-order valence-electron chi connectivity index (χ1n) is 6.15. The molecule has 7 heteroatoms. The molecule has 2 rings (SSSR count). The van der Waals surface area contributed by atoms with Crippen molar-refractivity contribution in [2.45, 2.75) is 19.9 Å². The lowest BCUT2D eigenvalue weighted by atomic mass is 10.3. The summed E-state index contributed by atoms with van der Waals surface area (Å²) < 4.78 is 5.10. The third-order valence-corrected chi connectivity index (χ3v) is 2.70. The zero-order valence-corrected chi connectivity index (χ0v) is 12.3. The average molecular weight is 294 g/mol. The number of halogens is 1. The smallest absolute Gasteiger partial charge is 0.249 e. The van der Waals surface area contributed by atoms with Gasteiger partial charge in [-0.15, -0.1) is 5.10 Å². The quantitative estimate of drug-likeness (QED) is 0.882. The standard InChI is InChI=1S/C13H16ClN5O/c1-8(2)16-12-7-15-19-13(18-12)17-9-4-5-11(20-3)10(14)6-9/h4-8H,1-3H3,(H2,16,17,18,19). The molecule has 0 unspecified atom stereocenters. The molecule has 0 saturated heterocycles. The van der Waals surface area contributed by atoms with Crippen molar-refractivity contribution in [1.82, 2.24) is 15.2 Å². The Morgan fingerprint density at radius 1 is 1.30 bits per heavy atom. The molecular formula is C13H16ClN5O. The van der Waals surface area contributed by atoms with Gasteiger partial charge in [-0.05, 0) is 32.0 Å². The minimum atomic E-state index is 0.273. The predicted octanol–water partition coefficient (Wildman–Crippen LogP) is 3.10. The summed E-state index contributed by atoms with van der Waals surface area (Å²) >= 11 is 6.06. The first-order chi connectivity index (χ1) is 9.58. The fourth-order valence-electron chi connectivity index (χ4n) is 1.60. The van der Waals surface area contributed by atoms with E-state index in [2.05, 4.69) is 25.8 Å². The molecule has 1 aromatic heterocycles. The predicted molar refractivity (Wildman–Crippen MR) is 79.9 cm³/mol. The summed E-state index contributed by atoms with van der Waals surface area (Å²) in [5, 5.41) is 14.5. The fraction of sp³-hybridized carbons (Fsp3) is 0.308. The zero-order valence-electron chi connectivity index (χ0n) is 11.5. The van der Waals surface area contributed by atoms with Gasteiger partial charge in [-0.2, -0.15) is 10.1 Å². The molecule has 0 bridgehead atoms. The van der Waals surface area contributed by atoms with E-state index in [9.17, 15) is 0 Å². The Bertz CT molecular complexity index is 591. The second-order valence-electron chi connectivity index (χ2n) is 4.44. The second kappa shape index (κ2) is 6.38. The number of ether oxygens (including phenoxy) is 1. The minimum absolute atomic E-state index is 0.273. The van der Waals surface area contributed by atoms with Crippen molar-refractivity contribution in [2.75, 3.05) is 17.7 Å². The summed E-state index contributed by atoms with van der Waals surface area (Å²) in [6.45, 7) is 4.05. The van der Waals surface area contributed by atoms with Crippen LogP contribution in [0.4, 0.5) is 17.5 Å². The summed E-state index contributed by atoms with van der Waals surface area (Å²) in [5.74, 6) is 1.68. The molecule has 1 aromatic carbocycles. The Labute approximate surface area is 122 Å². The Balaban J connectivity index is 2.15. The van der Waals surface area contributed by atoms with Crippen LogP contribution in [0.5, 0.6) is 5.75 Å². The molecule has 0 amide bonds. The maximum absolute atomic E-state index is 6.06. The maximum atomic E-state index is 6.06. The normalized spacial score (nSPS) is 10.4. The molecule has 0 aliphatic carbocycles. The van der Waals surface area contributed by atoms with E-state index < -0.39 is 0 Å². The maximum Gasteiger partial charge on any atom is 0.249 e. The van der Waals surface area contributed by atoms with Crippen LogP contribution < -0.4 is 15.4 Å². The number of aromatic nitrogens is 3. The number of hydrogen-bond acceptors (Lipinski definition) is 6. The van der Waals surface area contributed by atoms with Crippen LogP contribution in [0, 0.1) is 0 Å². The van der Waals surface area contributed by atoms with E-state index in [1.165, 1.54) is 0 Å². The number of anilines is 3. The van der Waals surface area contributed by atoms with E-state index in [1.807, 2.05) is 19.9 Å². The van der Waals surface area contributed by atoms with Gasteiger partial charge in [0.25, 0.3) is 0 Å². The number of benzene rings is 1. The second-order valence-corrected chi connectivity index (χ2v) is 4.85. The summed E-state index contributed by atoms with van der Waals surface area (Å²) in [5.41, 5.74) is 0.763. The third kappa shape index (κ3) is 3.71. The average Bonchev–Trinajstić information content (AvgIpc) is 2.38. The van der Waals surface area contributed by atoms with Gasteiger partial charge < -0.3 is 15.4 Å². The first kappa shape index (κ1) is 14.3. The van der Waals surface area contributed by atoms with Gasteiger partial charge in [0.05, 0.1) is 18.3 Å². The molecule has 106 valence electrons. The van der Waals surface area contributed by atoms with Crippen LogP contribution in [0.15, 0.2) is 24.4 Å². The molecule has 6 nitrogen and oxygen atoms in total. The van der Waals surface area contributed by atoms with Crippen molar-refractivity contribution in [1.29, 1.82) is 0 Å². The highest BCUT2D eigenvalue weighted by Gasteiger charge is 2.05. The molecule has 0 atom stereocenters. The molecule has 2 N–H and O–H groups in total. The van der Waals surface area contributed by atoms with E-state index in [0.29, 0.717) is 22.5 Å². The zero-order chi connectivity index (χ0) is 14.5. The van der Waals surface area contributed by atoms with Gasteiger partial charge in [0.1, 0.15) is 5.75 Å². The molecule has 1 heterocycles. The van der Waals surface area contributed by atoms with Crippen molar-refractivity contribution in [3.8, 4) is 5.75 Å². The lowest BCUT2D eigenvalue weighted by Gasteiger charge is -2.10. The van der Waals surface area contributed by atoms with E-state index in [-0.39, 0.29) is 6.04 Å². The molecule has 0 aliphatic heterocycles. The van der Waals surface area contributed by atoms with Gasteiger partial charge in [-0.3, -0.25) is 0 Å². The van der Waals surface area contributed by atoms with Gasteiger partial charge in [0, 0.05) is 11.7 Å². The van der Waals surface area contributed by atoms with Crippen molar-refractivity contribution >= 4 is 29.1 Å². The van der Waals surface area contributed by atoms with Crippen molar-refractivity contribution in [3.63, 3.8) is 0 Å². The number of hydrogen-bond donors (Lipinski definition) is 2. The van der Waals surface area contributed by atoms with Crippen LogP contribution in [0.3, 0.4) is 0 Å². The van der Waals surface area contributed by atoms with E-state index in [4.69, 9.17) is 16.3 Å². The fourth-order valence-corrected chi connectivity index (χ4v) is 1.85. The highest BCUT2D eigenvalue weighted by molar-refractivity contribution is 6.32. The van der Waals surface area contributed by atoms with Gasteiger partial charge in [-0.25, -0.2) is 0 Å². The van der Waals surface area contributed by atoms with E-state index in [1.54, 1.807) is 25.4 Å². The lowest BCUT2D eigenvalue weighted by Crippen LogP contribution is -2.12. The van der Waals surface area contributed by atoms with E-state index in [0.717, 1.165) is 5.69 Å². The Morgan fingerprint density at radius 2 is 2.10 bits per heavy atom. The highest BCUT2D eigenvalue weighted by atomic mass is 35.5. The number of nitrogens with one attached hydrogen (secondary N) is 2. The molecular weight excluding hydrogens is 278 g/mol. The van der Waals surface area contributed by atoms with Crippen molar-refractivity contribution < 1.29 is 4.74 Å². The SMILES string of the molecule is COc1ccc(Nc2nncc(NC(C)C)n2)cc1Cl. The Morgan fingerprint density at radius 3 is 2.75 bits per heavy atom. The van der Waals surface area contributed by atoms with Crippen LogP contribution in [0.2, 0.25) is 5.02 Å². The molecule has 0 spiro atoms. The van der Waals surface area contributed by atoms with Gasteiger partial charge in [0.2, 0.25) is 5.95 Å². The summed E-state index contributed by atoms with van der Waals surface area (Å²) in [7, 11) is 1.57. The molecule has 0 radical (unpaired) electrons. The minimum Gasteiger partial charge on any atom is -0.495 e. The molecule has 0 fully saturated rings. The Kier molecular flexibility index (Phi) is 4.57. The van der Waals surface area contributed by atoms with Crippen molar-refractivity contribution in [2.24, 2.45) is 0 Å². The topological polar surface area (TPSA) is 72.0 Å². The van der Waals surface area contributed by atoms with Crippen molar-refractivity contribution in [3.05, 3.63) is 29.4 Å². The monoisotopic (exact) mass is 293 g/mol. The number of rotatable bonds is 5. The van der Waals surface area contributed by atoms with Crippen LogP contribution in [0.25, 0.3) is 0 Å². The van der Waals surface area contributed by atoms with Gasteiger partial charge in [0.15, 0.2) is 5.82 Å². The third-order valence-electron chi connectivity index (χ3n) is 2.40. The number of methoxy groups -OCH3 is 1. The summed E-state index contributed by atoms with van der Waals surface area (Å²) in [6, 6.07) is 5.62. The summed E-state index contributed by atoms with van der Waals surface area (Å²) in [6.07, 6.45) is 1.58. The largest absolute Gasteiger partial charge is 0.495 e. The molecule has 20 heavy (non-hydrogen) atoms. The molecule has 0 saturated carbocycles. The van der Waals surface area contributed by atoms with Crippen LogP contribution in [0.1, 0.15) is 13.8 Å².